The van der Waals surface area contributed by atoms with Crippen molar-refractivity contribution in [2.24, 2.45) is 0 Å². The molecule has 6 aromatic carbocycles. The van der Waals surface area contributed by atoms with Crippen LogP contribution in [-0.2, 0) is 18.4 Å². The molecule has 0 aliphatic heterocycles. The van der Waals surface area contributed by atoms with Gasteiger partial charge in [0.15, 0.2) is 0 Å². The molecule has 0 fully saturated rings. The van der Waals surface area contributed by atoms with E-state index in [1.807, 2.05) is 0 Å². The van der Waals surface area contributed by atoms with Gasteiger partial charge in [0.1, 0.15) is 0 Å². The Morgan fingerprint density at radius 1 is 0.679 bits per heavy atom. The summed E-state index contributed by atoms with van der Waals surface area (Å²) in [5.41, 5.74) is 20.6. The highest BCUT2D eigenvalue weighted by Gasteiger charge is 2.50. The Hall–Kier alpha value is -5.50. The number of rotatable bonds is 8. The van der Waals surface area contributed by atoms with Crippen molar-refractivity contribution in [1.29, 1.82) is 0 Å². The van der Waals surface area contributed by atoms with Gasteiger partial charge < -0.3 is 5.32 Å². The predicted octanol–water partition coefficient (Wildman–Crippen LogP) is 12.5. The van der Waals surface area contributed by atoms with Crippen LogP contribution < -0.4 is 5.32 Å². The Bertz CT molecular complexity index is 2390. The van der Waals surface area contributed by atoms with Crippen molar-refractivity contribution in [2.75, 3.05) is 6.54 Å². The molecule has 9 rings (SSSR count). The lowest BCUT2D eigenvalue weighted by Crippen LogP contribution is -2.31. The molecule has 0 saturated heterocycles. The second kappa shape index (κ2) is 14.1. The molecule has 53 heavy (non-hydrogen) atoms. The highest BCUT2D eigenvalue weighted by molar-refractivity contribution is 5.89. The van der Waals surface area contributed by atoms with Crippen LogP contribution in [-0.4, -0.2) is 6.54 Å². The highest BCUT2D eigenvalue weighted by Crippen LogP contribution is 2.62. The summed E-state index contributed by atoms with van der Waals surface area (Å²) in [7, 11) is 0. The Kier molecular flexibility index (Phi) is 8.90. The molecule has 0 amide bonds. The zero-order valence-electron chi connectivity index (χ0n) is 30.9. The summed E-state index contributed by atoms with van der Waals surface area (Å²) in [4.78, 5) is 0. The fourth-order valence-corrected chi connectivity index (χ4v) is 9.62. The molecule has 2 unspecified atom stereocenters. The molecule has 6 aromatic rings. The minimum atomic E-state index is -0.379. The Morgan fingerprint density at radius 3 is 2.21 bits per heavy atom. The monoisotopic (exact) mass is 685 g/mol. The highest BCUT2D eigenvalue weighted by atomic mass is 14.8. The molecule has 1 spiro atoms. The minimum absolute atomic E-state index is 0.379. The van der Waals surface area contributed by atoms with Gasteiger partial charge in [-0.25, -0.2) is 0 Å². The molecular formula is C52H47N. The van der Waals surface area contributed by atoms with Crippen LogP contribution in [0.1, 0.15) is 76.6 Å². The van der Waals surface area contributed by atoms with Crippen LogP contribution in [0.3, 0.4) is 0 Å². The van der Waals surface area contributed by atoms with E-state index in [-0.39, 0.29) is 5.41 Å². The first-order valence-corrected chi connectivity index (χ1v) is 19.4. The topological polar surface area (TPSA) is 12.0 Å². The van der Waals surface area contributed by atoms with Crippen molar-refractivity contribution in [3.63, 3.8) is 0 Å². The van der Waals surface area contributed by atoms with Crippen LogP contribution >= 0.6 is 0 Å². The SMILES string of the molecule is Cc1ccccc1-c1cccc2c1C(C)CC1=C(C=CCC1)C21c2ccccc2-c2ccc(C/C=C(\CNCc3ccccc3)c3ccccc3)cc21. The average molecular weight is 686 g/mol. The van der Waals surface area contributed by atoms with Crippen LogP contribution in [0, 0.1) is 6.92 Å². The van der Waals surface area contributed by atoms with E-state index in [0.717, 1.165) is 38.8 Å². The molecule has 0 saturated carbocycles. The van der Waals surface area contributed by atoms with Crippen molar-refractivity contribution >= 4 is 5.57 Å². The molecule has 0 aromatic heterocycles. The lowest BCUT2D eigenvalue weighted by atomic mass is 9.64. The first-order valence-electron chi connectivity index (χ1n) is 19.4. The lowest BCUT2D eigenvalue weighted by molar-refractivity contribution is 0.716. The Labute approximate surface area is 315 Å². The van der Waals surface area contributed by atoms with Crippen molar-refractivity contribution in [3.05, 3.63) is 219 Å². The van der Waals surface area contributed by atoms with Crippen LogP contribution in [0.4, 0.5) is 0 Å². The van der Waals surface area contributed by atoms with Crippen molar-refractivity contribution < 1.29 is 0 Å². The minimum Gasteiger partial charge on any atom is -0.309 e. The third-order valence-electron chi connectivity index (χ3n) is 12.0. The molecule has 0 heterocycles. The molecule has 2 atom stereocenters. The summed E-state index contributed by atoms with van der Waals surface area (Å²) in [6.07, 6.45) is 11.6. The van der Waals surface area contributed by atoms with Crippen LogP contribution in [0.25, 0.3) is 27.8 Å². The van der Waals surface area contributed by atoms with Crippen LogP contribution in [0.15, 0.2) is 175 Å². The van der Waals surface area contributed by atoms with Gasteiger partial charge in [-0.2, -0.15) is 0 Å². The summed E-state index contributed by atoms with van der Waals surface area (Å²) in [6, 6.07) is 54.3. The van der Waals surface area contributed by atoms with Gasteiger partial charge in [-0.1, -0.05) is 176 Å². The zero-order valence-corrected chi connectivity index (χ0v) is 30.9. The van der Waals surface area contributed by atoms with Gasteiger partial charge in [-0.3, -0.25) is 0 Å². The van der Waals surface area contributed by atoms with Crippen molar-refractivity contribution in [1.82, 2.24) is 5.32 Å². The largest absolute Gasteiger partial charge is 0.309 e. The van der Waals surface area contributed by atoms with E-state index in [1.54, 1.807) is 5.57 Å². The lowest BCUT2D eigenvalue weighted by Gasteiger charge is -2.38. The van der Waals surface area contributed by atoms with Gasteiger partial charge >= 0.3 is 0 Å². The van der Waals surface area contributed by atoms with E-state index in [1.165, 1.54) is 77.9 Å². The summed E-state index contributed by atoms with van der Waals surface area (Å²) < 4.78 is 0. The number of hydrogen-bond donors (Lipinski definition) is 1. The molecule has 3 aliphatic carbocycles. The first kappa shape index (κ1) is 33.3. The van der Waals surface area contributed by atoms with E-state index in [0.29, 0.717) is 5.92 Å². The fraction of sp³-hybridized carbons (Fsp3) is 0.192. The van der Waals surface area contributed by atoms with Gasteiger partial charge in [-0.05, 0) is 116 Å². The number of hydrogen-bond acceptors (Lipinski definition) is 1. The summed E-state index contributed by atoms with van der Waals surface area (Å²) in [5.74, 6) is 0.399. The summed E-state index contributed by atoms with van der Waals surface area (Å²) in [6.45, 7) is 6.40. The molecule has 3 aliphatic rings. The molecule has 260 valence electrons. The van der Waals surface area contributed by atoms with Crippen molar-refractivity contribution in [3.8, 4) is 22.3 Å². The number of nitrogens with one attached hydrogen (secondary N) is 1. The smallest absolute Gasteiger partial charge is 0.0716 e. The second-order valence-corrected chi connectivity index (χ2v) is 15.2. The molecular weight excluding hydrogens is 639 g/mol. The van der Waals surface area contributed by atoms with Gasteiger partial charge in [0.25, 0.3) is 0 Å². The van der Waals surface area contributed by atoms with Crippen LogP contribution in [0.2, 0.25) is 0 Å². The predicted molar refractivity (Wildman–Crippen MR) is 223 cm³/mol. The Balaban J connectivity index is 1.21. The average Bonchev–Trinajstić information content (AvgIpc) is 3.43. The number of aryl methyl sites for hydroxylation is 1. The summed E-state index contributed by atoms with van der Waals surface area (Å²) in [5, 5.41) is 3.73. The molecule has 1 N–H and O–H groups in total. The maximum absolute atomic E-state index is 3.73. The van der Waals surface area contributed by atoms with E-state index in [2.05, 4.69) is 183 Å². The van der Waals surface area contributed by atoms with E-state index >= 15 is 0 Å². The van der Waals surface area contributed by atoms with E-state index in [9.17, 15) is 0 Å². The zero-order chi connectivity index (χ0) is 35.8. The van der Waals surface area contributed by atoms with E-state index < -0.39 is 0 Å². The third kappa shape index (κ3) is 5.85. The fourth-order valence-electron chi connectivity index (χ4n) is 9.62. The maximum atomic E-state index is 3.73. The third-order valence-corrected chi connectivity index (χ3v) is 12.0. The number of allylic oxidation sites excluding steroid dienone is 5. The summed E-state index contributed by atoms with van der Waals surface area (Å²) >= 11 is 0. The maximum Gasteiger partial charge on any atom is 0.0716 e. The van der Waals surface area contributed by atoms with Crippen LogP contribution in [0.5, 0.6) is 0 Å². The van der Waals surface area contributed by atoms with Gasteiger partial charge in [0, 0.05) is 13.1 Å². The normalized spacial score (nSPS) is 18.7. The quantitative estimate of drug-likeness (QED) is 0.168. The number of benzene rings is 6. The molecule has 1 nitrogen and oxygen atoms in total. The molecule has 0 bridgehead atoms. The first-order chi connectivity index (χ1) is 26.1. The standard InChI is InChI=1S/C52H47N/c1-36-16-9-11-22-43(36)46-24-15-27-49-51(46)37(2)32-41-21-10-13-25-47(41)52(49)48-26-14-12-23-44(48)45-31-29-38(33-50(45)52)28-30-42(40-19-7-4-8-20-40)35-53-34-39-17-5-3-6-18-39/h3-9,11-20,22-27,29-31,33,37,53H,10,21,28,32,34-35H2,1-2H3/b42-30+. The van der Waals surface area contributed by atoms with Gasteiger partial charge in [-0.15, -0.1) is 0 Å². The molecule has 0 radical (unpaired) electrons. The molecule has 1 heteroatoms. The van der Waals surface area contributed by atoms with Gasteiger partial charge in [0.2, 0.25) is 0 Å². The Morgan fingerprint density at radius 2 is 1.38 bits per heavy atom. The second-order valence-electron chi connectivity index (χ2n) is 15.2. The van der Waals surface area contributed by atoms with E-state index in [4.69, 9.17) is 0 Å². The van der Waals surface area contributed by atoms with Crippen molar-refractivity contribution in [2.45, 2.75) is 57.4 Å². The number of fused-ring (bicyclic) bond motifs is 8. The van der Waals surface area contributed by atoms with Gasteiger partial charge in [0.05, 0.1) is 5.41 Å².